The molecule has 0 bridgehead atoms. The van der Waals surface area contributed by atoms with E-state index in [9.17, 15) is 13.6 Å². The summed E-state index contributed by atoms with van der Waals surface area (Å²) < 4.78 is 28.1. The molecule has 1 aliphatic carbocycles. The lowest BCUT2D eigenvalue weighted by atomic mass is 9.86. The molecular weight excluding hydrogens is 288 g/mol. The van der Waals surface area contributed by atoms with Crippen molar-refractivity contribution in [3.05, 3.63) is 30.1 Å². The van der Waals surface area contributed by atoms with Crippen LogP contribution in [0.25, 0.3) is 11.0 Å². The zero-order valence-electron chi connectivity index (χ0n) is 12.5. The molecule has 2 aromatic rings. The van der Waals surface area contributed by atoms with E-state index in [1.54, 1.807) is 4.57 Å². The molecular formula is C16H19F2N3O. The maximum Gasteiger partial charge on any atom is 0.240 e. The molecule has 2 atom stereocenters. The Balaban J connectivity index is 1.72. The highest BCUT2D eigenvalue weighted by Gasteiger charge is 2.23. The Morgan fingerprint density at radius 1 is 1.32 bits per heavy atom. The quantitative estimate of drug-likeness (QED) is 0.947. The fourth-order valence-electron chi connectivity index (χ4n) is 3.12. The second-order valence-electron chi connectivity index (χ2n) is 6.06. The van der Waals surface area contributed by atoms with E-state index in [2.05, 4.69) is 17.2 Å². The van der Waals surface area contributed by atoms with Gasteiger partial charge < -0.3 is 9.88 Å². The predicted molar refractivity (Wildman–Crippen MR) is 79.2 cm³/mol. The van der Waals surface area contributed by atoms with Crippen LogP contribution in [0, 0.1) is 17.6 Å². The number of hydrogen-bond donors (Lipinski definition) is 1. The molecule has 1 heterocycles. The van der Waals surface area contributed by atoms with E-state index in [-0.39, 0.29) is 18.5 Å². The maximum absolute atomic E-state index is 13.4. The molecule has 0 aliphatic heterocycles. The Hall–Kier alpha value is -1.98. The highest BCUT2D eigenvalue weighted by molar-refractivity contribution is 5.80. The molecule has 2 unspecified atom stereocenters. The molecule has 0 saturated heterocycles. The molecule has 1 saturated carbocycles. The van der Waals surface area contributed by atoms with Gasteiger partial charge in [-0.25, -0.2) is 13.8 Å². The monoisotopic (exact) mass is 307 g/mol. The van der Waals surface area contributed by atoms with Crippen LogP contribution in [0.4, 0.5) is 8.78 Å². The average Bonchev–Trinajstić information content (AvgIpc) is 2.84. The van der Waals surface area contributed by atoms with Crippen molar-refractivity contribution in [3.63, 3.8) is 0 Å². The van der Waals surface area contributed by atoms with Crippen molar-refractivity contribution in [3.8, 4) is 0 Å². The van der Waals surface area contributed by atoms with Crippen molar-refractivity contribution >= 4 is 16.9 Å². The van der Waals surface area contributed by atoms with Crippen molar-refractivity contribution in [2.45, 2.75) is 45.2 Å². The third-order valence-corrected chi connectivity index (χ3v) is 4.43. The van der Waals surface area contributed by atoms with Gasteiger partial charge in [0.2, 0.25) is 5.91 Å². The van der Waals surface area contributed by atoms with E-state index in [1.807, 2.05) is 0 Å². The molecule has 1 amide bonds. The number of nitrogens with zero attached hydrogens (tertiary/aromatic N) is 2. The standard InChI is InChI=1S/C16H19F2N3O/c1-10-4-2-3-5-13(10)20-16(22)8-21-9-19-14-6-11(17)12(18)7-15(14)21/h6-7,9-10,13H,2-5,8H2,1H3,(H,20,22). The molecule has 4 nitrogen and oxygen atoms in total. The van der Waals surface area contributed by atoms with Gasteiger partial charge in [0, 0.05) is 18.2 Å². The van der Waals surface area contributed by atoms with Gasteiger partial charge in [0.1, 0.15) is 6.54 Å². The van der Waals surface area contributed by atoms with Crippen LogP contribution in [-0.4, -0.2) is 21.5 Å². The summed E-state index contributed by atoms with van der Waals surface area (Å²) in [7, 11) is 0. The van der Waals surface area contributed by atoms with Crippen LogP contribution in [0.2, 0.25) is 0 Å². The third kappa shape index (κ3) is 2.96. The lowest BCUT2D eigenvalue weighted by Gasteiger charge is -2.29. The summed E-state index contributed by atoms with van der Waals surface area (Å²) in [5.41, 5.74) is 0.767. The Kier molecular flexibility index (Phi) is 4.09. The van der Waals surface area contributed by atoms with Crippen LogP contribution < -0.4 is 5.32 Å². The topological polar surface area (TPSA) is 46.9 Å². The first-order valence-corrected chi connectivity index (χ1v) is 7.64. The SMILES string of the molecule is CC1CCCCC1NC(=O)Cn1cnc2cc(F)c(F)cc21. The predicted octanol–water partition coefficient (Wildman–Crippen LogP) is 3.01. The normalized spacial score (nSPS) is 22.0. The van der Waals surface area contributed by atoms with Crippen LogP contribution >= 0.6 is 0 Å². The number of fused-ring (bicyclic) bond motifs is 1. The number of nitrogens with one attached hydrogen (secondary N) is 1. The minimum absolute atomic E-state index is 0.0603. The molecule has 1 aromatic carbocycles. The molecule has 6 heteroatoms. The van der Waals surface area contributed by atoms with Crippen LogP contribution in [0.15, 0.2) is 18.5 Å². The van der Waals surface area contributed by atoms with Gasteiger partial charge in [-0.05, 0) is 18.8 Å². The first-order chi connectivity index (χ1) is 10.5. The molecule has 0 radical (unpaired) electrons. The van der Waals surface area contributed by atoms with Crippen molar-refractivity contribution in [1.29, 1.82) is 0 Å². The molecule has 1 N–H and O–H groups in total. The summed E-state index contributed by atoms with van der Waals surface area (Å²) in [6.07, 6.45) is 5.91. The number of halogens is 2. The highest BCUT2D eigenvalue weighted by atomic mass is 19.2. The van der Waals surface area contributed by atoms with Gasteiger partial charge in [0.15, 0.2) is 11.6 Å². The average molecular weight is 307 g/mol. The summed E-state index contributed by atoms with van der Waals surface area (Å²) >= 11 is 0. The van der Waals surface area contributed by atoms with E-state index in [0.717, 1.165) is 31.4 Å². The van der Waals surface area contributed by atoms with Crippen molar-refractivity contribution < 1.29 is 13.6 Å². The van der Waals surface area contributed by atoms with Crippen molar-refractivity contribution in [1.82, 2.24) is 14.9 Å². The summed E-state index contributed by atoms with van der Waals surface area (Å²) in [5.74, 6) is -1.51. The van der Waals surface area contributed by atoms with Gasteiger partial charge in [-0.15, -0.1) is 0 Å². The highest BCUT2D eigenvalue weighted by Crippen LogP contribution is 2.24. The number of carbonyl (C=O) groups excluding carboxylic acids is 1. The van der Waals surface area contributed by atoms with Gasteiger partial charge in [-0.3, -0.25) is 4.79 Å². The fraction of sp³-hybridized carbons (Fsp3) is 0.500. The zero-order valence-corrected chi connectivity index (χ0v) is 12.5. The number of rotatable bonds is 3. The minimum Gasteiger partial charge on any atom is -0.352 e. The second-order valence-corrected chi connectivity index (χ2v) is 6.06. The van der Waals surface area contributed by atoms with Gasteiger partial charge in [-0.2, -0.15) is 0 Å². The summed E-state index contributed by atoms with van der Waals surface area (Å²) in [4.78, 5) is 16.2. The molecule has 1 fully saturated rings. The van der Waals surface area contributed by atoms with E-state index < -0.39 is 11.6 Å². The zero-order chi connectivity index (χ0) is 15.7. The largest absolute Gasteiger partial charge is 0.352 e. The lowest BCUT2D eigenvalue weighted by Crippen LogP contribution is -2.42. The van der Waals surface area contributed by atoms with E-state index in [0.29, 0.717) is 17.0 Å². The number of aromatic nitrogens is 2. The summed E-state index contributed by atoms with van der Waals surface area (Å²) in [5, 5.41) is 3.04. The third-order valence-electron chi connectivity index (χ3n) is 4.43. The number of carbonyl (C=O) groups is 1. The van der Waals surface area contributed by atoms with Crippen molar-refractivity contribution in [2.24, 2.45) is 5.92 Å². The number of hydrogen-bond acceptors (Lipinski definition) is 2. The number of benzene rings is 1. The Morgan fingerprint density at radius 3 is 2.82 bits per heavy atom. The molecule has 118 valence electrons. The Labute approximate surface area is 127 Å². The first-order valence-electron chi connectivity index (χ1n) is 7.64. The maximum atomic E-state index is 13.4. The van der Waals surface area contributed by atoms with Crippen LogP contribution in [-0.2, 0) is 11.3 Å². The van der Waals surface area contributed by atoms with Crippen LogP contribution in [0.3, 0.4) is 0 Å². The minimum atomic E-state index is -0.935. The Morgan fingerprint density at radius 2 is 2.05 bits per heavy atom. The van der Waals surface area contributed by atoms with Gasteiger partial charge in [0.25, 0.3) is 0 Å². The van der Waals surface area contributed by atoms with E-state index in [1.165, 1.54) is 12.7 Å². The number of imidazole rings is 1. The molecule has 3 rings (SSSR count). The van der Waals surface area contributed by atoms with Crippen LogP contribution in [0.1, 0.15) is 32.6 Å². The molecule has 1 aromatic heterocycles. The van der Waals surface area contributed by atoms with Gasteiger partial charge in [0.05, 0.1) is 17.4 Å². The fourth-order valence-corrected chi connectivity index (χ4v) is 3.12. The van der Waals surface area contributed by atoms with Gasteiger partial charge >= 0.3 is 0 Å². The summed E-state index contributed by atoms with van der Waals surface area (Å²) in [6, 6.07) is 2.32. The van der Waals surface area contributed by atoms with E-state index >= 15 is 0 Å². The smallest absolute Gasteiger partial charge is 0.240 e. The van der Waals surface area contributed by atoms with Crippen LogP contribution in [0.5, 0.6) is 0 Å². The summed E-state index contributed by atoms with van der Waals surface area (Å²) in [6.45, 7) is 2.21. The first kappa shape index (κ1) is 14.9. The number of amides is 1. The molecule has 22 heavy (non-hydrogen) atoms. The van der Waals surface area contributed by atoms with Gasteiger partial charge in [-0.1, -0.05) is 19.8 Å². The Bertz CT molecular complexity index is 698. The molecule has 1 aliphatic rings. The van der Waals surface area contributed by atoms with Crippen molar-refractivity contribution in [2.75, 3.05) is 0 Å². The lowest BCUT2D eigenvalue weighted by molar-refractivity contribution is -0.122. The van der Waals surface area contributed by atoms with E-state index in [4.69, 9.17) is 0 Å². The molecule has 0 spiro atoms. The second kappa shape index (κ2) is 6.02.